The molecule has 1 N–H and O–H groups in total. The van der Waals surface area contributed by atoms with Gasteiger partial charge in [0.05, 0.1) is 7.11 Å². The number of methoxy groups -OCH3 is 1. The van der Waals surface area contributed by atoms with Crippen molar-refractivity contribution in [2.24, 2.45) is 5.92 Å². The first-order valence-electron chi connectivity index (χ1n) is 7.18. The monoisotopic (exact) mass is 254 g/mol. The molecule has 0 amide bonds. The second-order valence-electron chi connectivity index (χ2n) is 5.99. The van der Waals surface area contributed by atoms with Gasteiger partial charge < -0.3 is 15.0 Å². The van der Waals surface area contributed by atoms with E-state index in [-0.39, 0.29) is 12.0 Å². The Morgan fingerprint density at radius 3 is 2.67 bits per heavy atom. The highest BCUT2D eigenvalue weighted by atomic mass is 16.5. The number of ether oxygens (including phenoxy) is 1. The first-order valence-corrected chi connectivity index (χ1v) is 7.18. The average molecular weight is 254 g/mol. The van der Waals surface area contributed by atoms with E-state index in [2.05, 4.69) is 24.1 Å². The minimum absolute atomic E-state index is 0.109. The maximum atomic E-state index is 11.7. The fourth-order valence-corrected chi connectivity index (χ4v) is 2.94. The number of esters is 1. The van der Waals surface area contributed by atoms with Crippen LogP contribution in [0.1, 0.15) is 39.5 Å². The van der Waals surface area contributed by atoms with Crippen molar-refractivity contribution in [3.05, 3.63) is 0 Å². The molecule has 0 spiro atoms. The van der Waals surface area contributed by atoms with Crippen molar-refractivity contribution in [1.29, 1.82) is 0 Å². The van der Waals surface area contributed by atoms with E-state index in [1.807, 2.05) is 0 Å². The lowest BCUT2D eigenvalue weighted by Gasteiger charge is -2.24. The molecule has 2 aliphatic rings. The number of likely N-dealkylation sites (tertiary alicyclic amines) is 1. The predicted molar refractivity (Wildman–Crippen MR) is 71.4 cm³/mol. The SMILES string of the molecule is COC(=O)C(CCN1CC(C)CC1C)NC1CC1. The minimum atomic E-state index is -0.120. The van der Waals surface area contributed by atoms with Crippen LogP contribution >= 0.6 is 0 Å². The van der Waals surface area contributed by atoms with Crippen LogP contribution in [-0.4, -0.2) is 49.2 Å². The Hall–Kier alpha value is -0.610. The molecule has 2 fully saturated rings. The van der Waals surface area contributed by atoms with Crippen LogP contribution < -0.4 is 5.32 Å². The Kier molecular flexibility index (Phi) is 4.62. The molecule has 4 heteroatoms. The van der Waals surface area contributed by atoms with Gasteiger partial charge in [0.1, 0.15) is 6.04 Å². The van der Waals surface area contributed by atoms with Crippen LogP contribution in [0.4, 0.5) is 0 Å². The zero-order valence-electron chi connectivity index (χ0n) is 11.8. The predicted octanol–water partition coefficient (Wildman–Crippen LogP) is 1.40. The summed E-state index contributed by atoms with van der Waals surface area (Å²) in [5.74, 6) is 0.676. The van der Waals surface area contributed by atoms with Gasteiger partial charge in [-0.05, 0) is 38.5 Å². The van der Waals surface area contributed by atoms with Crippen LogP contribution in [-0.2, 0) is 9.53 Å². The lowest BCUT2D eigenvalue weighted by atomic mass is 10.1. The molecule has 1 heterocycles. The summed E-state index contributed by atoms with van der Waals surface area (Å²) in [4.78, 5) is 14.2. The molecular weight excluding hydrogens is 228 g/mol. The van der Waals surface area contributed by atoms with Gasteiger partial charge in [-0.2, -0.15) is 0 Å². The van der Waals surface area contributed by atoms with Crippen molar-refractivity contribution < 1.29 is 9.53 Å². The highest BCUT2D eigenvalue weighted by molar-refractivity contribution is 5.75. The Bertz CT molecular complexity index is 292. The molecule has 1 saturated heterocycles. The van der Waals surface area contributed by atoms with Gasteiger partial charge in [0.25, 0.3) is 0 Å². The summed E-state index contributed by atoms with van der Waals surface area (Å²) in [7, 11) is 1.48. The third-order valence-electron chi connectivity index (χ3n) is 4.12. The molecule has 0 aromatic rings. The molecule has 0 aromatic carbocycles. The second-order valence-corrected chi connectivity index (χ2v) is 5.99. The number of hydrogen-bond acceptors (Lipinski definition) is 4. The zero-order chi connectivity index (χ0) is 13.1. The summed E-state index contributed by atoms with van der Waals surface area (Å²) in [6, 6.07) is 1.08. The lowest BCUT2D eigenvalue weighted by Crippen LogP contribution is -2.42. The normalized spacial score (nSPS) is 30.4. The molecule has 0 aromatic heterocycles. The van der Waals surface area contributed by atoms with Crippen molar-refractivity contribution in [2.45, 2.75) is 57.7 Å². The molecule has 1 saturated carbocycles. The fraction of sp³-hybridized carbons (Fsp3) is 0.929. The molecule has 0 bridgehead atoms. The molecule has 104 valence electrons. The Balaban J connectivity index is 1.79. The van der Waals surface area contributed by atoms with E-state index in [0.717, 1.165) is 18.9 Å². The topological polar surface area (TPSA) is 41.6 Å². The Morgan fingerprint density at radius 1 is 1.44 bits per heavy atom. The van der Waals surface area contributed by atoms with Crippen molar-refractivity contribution in [1.82, 2.24) is 10.2 Å². The van der Waals surface area contributed by atoms with Crippen LogP contribution in [0.3, 0.4) is 0 Å². The quantitative estimate of drug-likeness (QED) is 0.728. The van der Waals surface area contributed by atoms with E-state index in [1.54, 1.807) is 0 Å². The largest absolute Gasteiger partial charge is 0.468 e. The Morgan fingerprint density at radius 2 is 2.17 bits per heavy atom. The Labute approximate surface area is 110 Å². The van der Waals surface area contributed by atoms with Gasteiger partial charge in [-0.1, -0.05) is 6.92 Å². The lowest BCUT2D eigenvalue weighted by molar-refractivity contribution is -0.143. The van der Waals surface area contributed by atoms with Crippen LogP contribution in [0, 0.1) is 5.92 Å². The smallest absolute Gasteiger partial charge is 0.322 e. The summed E-state index contributed by atoms with van der Waals surface area (Å²) in [5.41, 5.74) is 0. The number of carbonyl (C=O) groups excluding carboxylic acids is 1. The maximum absolute atomic E-state index is 11.7. The van der Waals surface area contributed by atoms with Gasteiger partial charge in [-0.25, -0.2) is 0 Å². The molecule has 2 rings (SSSR count). The maximum Gasteiger partial charge on any atom is 0.322 e. The number of rotatable bonds is 6. The molecule has 3 atom stereocenters. The van der Waals surface area contributed by atoms with Crippen LogP contribution in [0.2, 0.25) is 0 Å². The van der Waals surface area contributed by atoms with Gasteiger partial charge in [-0.3, -0.25) is 4.79 Å². The highest BCUT2D eigenvalue weighted by Gasteiger charge is 2.31. The molecule has 18 heavy (non-hydrogen) atoms. The van der Waals surface area contributed by atoms with Crippen LogP contribution in [0.5, 0.6) is 0 Å². The summed E-state index contributed by atoms with van der Waals surface area (Å²) < 4.78 is 4.88. The van der Waals surface area contributed by atoms with Gasteiger partial charge >= 0.3 is 5.97 Å². The van der Waals surface area contributed by atoms with Gasteiger partial charge in [-0.15, -0.1) is 0 Å². The van der Waals surface area contributed by atoms with E-state index in [4.69, 9.17) is 4.74 Å². The first-order chi connectivity index (χ1) is 8.60. The molecule has 4 nitrogen and oxygen atoms in total. The van der Waals surface area contributed by atoms with Crippen molar-refractivity contribution in [3.63, 3.8) is 0 Å². The highest BCUT2D eigenvalue weighted by Crippen LogP contribution is 2.23. The molecular formula is C14H26N2O2. The zero-order valence-corrected chi connectivity index (χ0v) is 11.8. The minimum Gasteiger partial charge on any atom is -0.468 e. The first kappa shape index (κ1) is 13.8. The number of nitrogens with zero attached hydrogens (tertiary/aromatic N) is 1. The van der Waals surface area contributed by atoms with E-state index >= 15 is 0 Å². The van der Waals surface area contributed by atoms with Crippen LogP contribution in [0.25, 0.3) is 0 Å². The number of hydrogen-bond donors (Lipinski definition) is 1. The third kappa shape index (κ3) is 3.69. The average Bonchev–Trinajstić information content (AvgIpc) is 3.09. The molecule has 0 radical (unpaired) electrons. The van der Waals surface area contributed by atoms with Crippen molar-refractivity contribution in [2.75, 3.05) is 20.2 Å². The van der Waals surface area contributed by atoms with E-state index in [9.17, 15) is 4.79 Å². The van der Waals surface area contributed by atoms with E-state index in [0.29, 0.717) is 12.1 Å². The van der Waals surface area contributed by atoms with Gasteiger partial charge in [0.15, 0.2) is 0 Å². The summed E-state index contributed by atoms with van der Waals surface area (Å²) >= 11 is 0. The number of carbonyl (C=O) groups is 1. The van der Waals surface area contributed by atoms with Crippen molar-refractivity contribution >= 4 is 5.97 Å². The third-order valence-corrected chi connectivity index (χ3v) is 4.12. The van der Waals surface area contributed by atoms with Gasteiger partial charge in [0, 0.05) is 25.2 Å². The summed E-state index contributed by atoms with van der Waals surface area (Å²) in [6.45, 7) is 6.74. The van der Waals surface area contributed by atoms with E-state index in [1.165, 1.54) is 32.9 Å². The summed E-state index contributed by atoms with van der Waals surface area (Å²) in [6.07, 6.45) is 4.54. The van der Waals surface area contributed by atoms with Gasteiger partial charge in [0.2, 0.25) is 0 Å². The molecule has 1 aliphatic heterocycles. The molecule has 3 unspecified atom stereocenters. The summed E-state index contributed by atoms with van der Waals surface area (Å²) in [5, 5.41) is 3.39. The number of nitrogens with one attached hydrogen (secondary N) is 1. The van der Waals surface area contributed by atoms with E-state index < -0.39 is 0 Å². The second kappa shape index (κ2) is 6.02. The standard InChI is InChI=1S/C14H26N2O2/c1-10-8-11(2)16(9-10)7-6-13(14(17)18-3)15-12-4-5-12/h10-13,15H,4-9H2,1-3H3. The van der Waals surface area contributed by atoms with Crippen LogP contribution in [0.15, 0.2) is 0 Å². The molecule has 1 aliphatic carbocycles. The fourth-order valence-electron chi connectivity index (χ4n) is 2.94. The van der Waals surface area contributed by atoms with Crippen molar-refractivity contribution in [3.8, 4) is 0 Å².